The van der Waals surface area contributed by atoms with Gasteiger partial charge >= 0.3 is 5.97 Å². The number of amidine groups is 1. The summed E-state index contributed by atoms with van der Waals surface area (Å²) in [5.41, 5.74) is 6.31. The third kappa shape index (κ3) is 3.39. The third-order valence-electron chi connectivity index (χ3n) is 3.96. The molecule has 0 radical (unpaired) electrons. The van der Waals surface area contributed by atoms with Crippen LogP contribution in [0.15, 0.2) is 35.5 Å². The van der Waals surface area contributed by atoms with E-state index in [2.05, 4.69) is 5.16 Å². The van der Waals surface area contributed by atoms with Gasteiger partial charge in [-0.05, 0) is 38.1 Å². The molecule has 1 aliphatic rings. The molecule has 0 amide bonds. The van der Waals surface area contributed by atoms with Crippen LogP contribution in [0.25, 0.3) is 0 Å². The number of halogens is 1. The zero-order chi connectivity index (χ0) is 19.1. The van der Waals surface area contributed by atoms with E-state index in [0.717, 1.165) is 5.56 Å². The van der Waals surface area contributed by atoms with Gasteiger partial charge in [0.15, 0.2) is 5.84 Å². The Bertz CT molecular complexity index is 924. The minimum atomic E-state index is -1.08. The Hall–Kier alpha value is -2.93. The van der Waals surface area contributed by atoms with Gasteiger partial charge in [0, 0.05) is 23.6 Å². The number of nitrogens with zero attached hydrogens (tertiary/aromatic N) is 1. The molecule has 0 spiro atoms. The number of carboxylic acids is 1. The van der Waals surface area contributed by atoms with Gasteiger partial charge in [0.2, 0.25) is 0 Å². The number of carbonyl (C=O) groups is 1. The van der Waals surface area contributed by atoms with Crippen molar-refractivity contribution in [1.82, 2.24) is 0 Å². The first-order valence-corrected chi connectivity index (χ1v) is 8.12. The first-order chi connectivity index (χ1) is 12.2. The van der Waals surface area contributed by atoms with Crippen LogP contribution in [-0.2, 0) is 6.42 Å². The molecule has 1 aliphatic heterocycles. The molecular weight excluding hydrogens is 360 g/mol. The van der Waals surface area contributed by atoms with Crippen molar-refractivity contribution in [2.45, 2.75) is 25.9 Å². The maximum absolute atomic E-state index is 11.4. The van der Waals surface area contributed by atoms with Crippen LogP contribution in [0.5, 0.6) is 17.2 Å². The molecule has 0 saturated carbocycles. The van der Waals surface area contributed by atoms with Crippen molar-refractivity contribution in [3.8, 4) is 17.2 Å². The van der Waals surface area contributed by atoms with E-state index in [0.29, 0.717) is 29.2 Å². The molecule has 0 fully saturated rings. The lowest BCUT2D eigenvalue weighted by molar-refractivity contribution is 0.0695. The first-order valence-electron chi connectivity index (χ1n) is 7.75. The summed E-state index contributed by atoms with van der Waals surface area (Å²) >= 11 is 6.14. The van der Waals surface area contributed by atoms with Crippen LogP contribution in [0.1, 0.15) is 35.3 Å². The molecule has 2 aromatic rings. The standard InChI is InChI=1S/C18H17ClN2O5/c1-18(2)8-12-14(5-9(17(22)23)6-15(12)26-18)25-10-3-4-11(13(19)7-10)16(20)21-24/h3-7,24H,8H2,1-2H3,(H2,20,21)(H,22,23). The SMILES string of the molecule is CC1(C)Cc2c(Oc3ccc(C(N)=NO)c(Cl)c3)cc(C(=O)O)cc2O1. The summed E-state index contributed by atoms with van der Waals surface area (Å²) < 4.78 is 11.7. The zero-order valence-electron chi connectivity index (χ0n) is 14.1. The van der Waals surface area contributed by atoms with Crippen molar-refractivity contribution in [1.29, 1.82) is 0 Å². The Balaban J connectivity index is 2.00. The smallest absolute Gasteiger partial charge is 0.335 e. The molecule has 8 heteroatoms. The highest BCUT2D eigenvalue weighted by Crippen LogP contribution is 2.43. The summed E-state index contributed by atoms with van der Waals surface area (Å²) in [4.78, 5) is 11.4. The van der Waals surface area contributed by atoms with Crippen molar-refractivity contribution < 1.29 is 24.6 Å². The first kappa shape index (κ1) is 17.9. The van der Waals surface area contributed by atoms with Crippen LogP contribution < -0.4 is 15.2 Å². The van der Waals surface area contributed by atoms with Crippen LogP contribution in [-0.4, -0.2) is 27.7 Å². The normalized spacial score (nSPS) is 15.3. The van der Waals surface area contributed by atoms with Gasteiger partial charge in [-0.1, -0.05) is 16.8 Å². The van der Waals surface area contributed by atoms with Crippen molar-refractivity contribution in [3.63, 3.8) is 0 Å². The number of aromatic carboxylic acids is 1. The van der Waals surface area contributed by atoms with E-state index in [1.165, 1.54) is 18.2 Å². The second-order valence-corrected chi connectivity index (χ2v) is 6.93. The van der Waals surface area contributed by atoms with E-state index in [-0.39, 0.29) is 16.4 Å². The van der Waals surface area contributed by atoms with E-state index in [4.69, 9.17) is 32.0 Å². The summed E-state index contributed by atoms with van der Waals surface area (Å²) in [7, 11) is 0. The molecule has 136 valence electrons. The molecular formula is C18H17ClN2O5. The predicted octanol–water partition coefficient (Wildman–Crippen LogP) is 3.64. The summed E-state index contributed by atoms with van der Waals surface area (Å²) in [5, 5.41) is 21.2. The second kappa shape index (κ2) is 6.42. The number of hydrogen-bond donors (Lipinski definition) is 3. The number of oxime groups is 1. The van der Waals surface area contributed by atoms with Crippen LogP contribution in [0.4, 0.5) is 0 Å². The van der Waals surface area contributed by atoms with Gasteiger partial charge in [-0.2, -0.15) is 0 Å². The fraction of sp³-hybridized carbons (Fsp3) is 0.222. The van der Waals surface area contributed by atoms with Gasteiger partial charge in [0.05, 0.1) is 10.6 Å². The van der Waals surface area contributed by atoms with Crippen molar-refractivity contribution in [2.75, 3.05) is 0 Å². The second-order valence-electron chi connectivity index (χ2n) is 6.52. The number of fused-ring (bicyclic) bond motifs is 1. The average Bonchev–Trinajstić information content (AvgIpc) is 2.88. The molecule has 0 bridgehead atoms. The third-order valence-corrected chi connectivity index (χ3v) is 4.27. The van der Waals surface area contributed by atoms with Gasteiger partial charge in [0.1, 0.15) is 22.8 Å². The topological polar surface area (TPSA) is 114 Å². The fourth-order valence-corrected chi connectivity index (χ4v) is 3.07. The number of ether oxygens (including phenoxy) is 2. The monoisotopic (exact) mass is 376 g/mol. The van der Waals surface area contributed by atoms with E-state index >= 15 is 0 Å². The fourth-order valence-electron chi connectivity index (χ4n) is 2.81. The minimum Gasteiger partial charge on any atom is -0.487 e. The molecule has 2 aromatic carbocycles. The highest BCUT2D eigenvalue weighted by atomic mass is 35.5. The molecule has 0 saturated heterocycles. The van der Waals surface area contributed by atoms with Crippen LogP contribution >= 0.6 is 11.6 Å². The number of hydrogen-bond acceptors (Lipinski definition) is 5. The zero-order valence-corrected chi connectivity index (χ0v) is 14.9. The largest absolute Gasteiger partial charge is 0.487 e. The molecule has 0 aromatic heterocycles. The Morgan fingerprint density at radius 2 is 2.08 bits per heavy atom. The van der Waals surface area contributed by atoms with E-state index in [1.807, 2.05) is 13.8 Å². The van der Waals surface area contributed by atoms with Crippen LogP contribution in [0.2, 0.25) is 5.02 Å². The van der Waals surface area contributed by atoms with Crippen molar-refractivity contribution in [3.05, 3.63) is 52.0 Å². The number of benzene rings is 2. The molecule has 1 heterocycles. The van der Waals surface area contributed by atoms with Crippen molar-refractivity contribution in [2.24, 2.45) is 10.9 Å². The number of carboxylic acid groups (broad SMARTS) is 1. The highest BCUT2D eigenvalue weighted by Gasteiger charge is 2.34. The lowest BCUT2D eigenvalue weighted by atomic mass is 10.00. The molecule has 7 nitrogen and oxygen atoms in total. The summed E-state index contributed by atoms with van der Waals surface area (Å²) in [6.07, 6.45) is 0.577. The van der Waals surface area contributed by atoms with E-state index < -0.39 is 11.6 Å². The summed E-state index contributed by atoms with van der Waals surface area (Å²) in [6, 6.07) is 7.61. The average molecular weight is 377 g/mol. The van der Waals surface area contributed by atoms with Gasteiger partial charge in [-0.3, -0.25) is 0 Å². The predicted molar refractivity (Wildman–Crippen MR) is 95.8 cm³/mol. The highest BCUT2D eigenvalue weighted by molar-refractivity contribution is 6.34. The van der Waals surface area contributed by atoms with E-state index in [9.17, 15) is 9.90 Å². The maximum atomic E-state index is 11.4. The van der Waals surface area contributed by atoms with Crippen molar-refractivity contribution >= 4 is 23.4 Å². The Kier molecular flexibility index (Phi) is 4.41. The number of rotatable bonds is 4. The lowest BCUT2D eigenvalue weighted by Gasteiger charge is -2.16. The molecule has 0 unspecified atom stereocenters. The quantitative estimate of drug-likeness (QED) is 0.325. The summed E-state index contributed by atoms with van der Waals surface area (Å²) in [6.45, 7) is 3.83. The molecule has 3 rings (SSSR count). The van der Waals surface area contributed by atoms with Gasteiger partial charge < -0.3 is 25.5 Å². The Morgan fingerprint density at radius 3 is 2.69 bits per heavy atom. The van der Waals surface area contributed by atoms with Gasteiger partial charge in [-0.25, -0.2) is 4.79 Å². The molecule has 0 aliphatic carbocycles. The van der Waals surface area contributed by atoms with Gasteiger partial charge in [0.25, 0.3) is 0 Å². The molecule has 0 atom stereocenters. The summed E-state index contributed by atoms with van der Waals surface area (Å²) in [5.74, 6) is 0.0676. The molecule has 26 heavy (non-hydrogen) atoms. The van der Waals surface area contributed by atoms with Gasteiger partial charge in [-0.15, -0.1) is 0 Å². The van der Waals surface area contributed by atoms with Crippen LogP contribution in [0.3, 0.4) is 0 Å². The number of nitrogens with two attached hydrogens (primary N) is 1. The minimum absolute atomic E-state index is 0.0656. The van der Waals surface area contributed by atoms with E-state index in [1.54, 1.807) is 12.1 Å². The molecule has 4 N–H and O–H groups in total. The Morgan fingerprint density at radius 1 is 1.35 bits per heavy atom. The lowest BCUT2D eigenvalue weighted by Crippen LogP contribution is -2.24. The maximum Gasteiger partial charge on any atom is 0.335 e. The van der Waals surface area contributed by atoms with Crippen LogP contribution in [0, 0.1) is 0 Å². The Labute approximate surface area is 154 Å².